The van der Waals surface area contributed by atoms with Crippen LogP contribution in [0.25, 0.3) is 10.8 Å². The highest BCUT2D eigenvalue weighted by Gasteiger charge is 2.07. The van der Waals surface area contributed by atoms with Crippen LogP contribution < -0.4 is 10.1 Å². The minimum absolute atomic E-state index is 0.249. The van der Waals surface area contributed by atoms with Crippen LogP contribution in [0, 0.1) is 0 Å². The summed E-state index contributed by atoms with van der Waals surface area (Å²) in [6.45, 7) is 2.03. The van der Waals surface area contributed by atoms with Crippen molar-refractivity contribution in [3.63, 3.8) is 0 Å². The van der Waals surface area contributed by atoms with Crippen molar-refractivity contribution in [1.82, 2.24) is 5.32 Å². The van der Waals surface area contributed by atoms with Crippen LogP contribution in [0.1, 0.15) is 26.2 Å². The van der Waals surface area contributed by atoms with E-state index in [0.29, 0.717) is 0 Å². The monoisotopic (exact) mass is 268 g/mol. The number of benzene rings is 2. The molecule has 0 bridgehead atoms. The van der Waals surface area contributed by atoms with Crippen molar-refractivity contribution in [1.29, 1.82) is 0 Å². The van der Waals surface area contributed by atoms with Gasteiger partial charge in [-0.15, -0.1) is 0 Å². The van der Waals surface area contributed by atoms with Crippen molar-refractivity contribution >= 4 is 10.8 Å². The SMILES string of the molecule is [2H]c1c([2H])c([2H])c2c(OCC([2H])(O)CNC([2H])(C)C)c([2H])c([2H])c([2H])c2c1[2H]. The quantitative estimate of drug-likeness (QED) is 0.846. The van der Waals surface area contributed by atoms with Gasteiger partial charge in [0, 0.05) is 19.3 Å². The molecule has 19 heavy (non-hydrogen) atoms. The van der Waals surface area contributed by atoms with E-state index in [-0.39, 0.29) is 17.3 Å². The van der Waals surface area contributed by atoms with Crippen LogP contribution in [0.15, 0.2) is 42.3 Å². The summed E-state index contributed by atoms with van der Waals surface area (Å²) in [5.41, 5.74) is 0. The van der Waals surface area contributed by atoms with Gasteiger partial charge in [-0.25, -0.2) is 0 Å². The van der Waals surface area contributed by atoms with Crippen molar-refractivity contribution in [3.05, 3.63) is 42.3 Å². The van der Waals surface area contributed by atoms with Crippen molar-refractivity contribution in [2.45, 2.75) is 25.9 Å². The predicted octanol–water partition coefficient (Wildman–Crippen LogP) is 2.58. The number of hydrogen-bond acceptors (Lipinski definition) is 3. The number of hydrogen-bond donors (Lipinski definition) is 2. The lowest BCUT2D eigenvalue weighted by Crippen LogP contribution is -2.35. The van der Waals surface area contributed by atoms with Gasteiger partial charge in [-0.2, -0.15) is 0 Å². The Morgan fingerprint density at radius 3 is 2.79 bits per heavy atom. The summed E-state index contributed by atoms with van der Waals surface area (Å²) >= 11 is 0. The molecule has 2 aromatic rings. The van der Waals surface area contributed by atoms with Gasteiger partial charge in [-0.3, -0.25) is 0 Å². The Kier molecular flexibility index (Phi) is 2.15. The first-order valence-corrected chi connectivity index (χ1v) is 5.78. The first-order valence-electron chi connectivity index (χ1n) is 10.3. The van der Waals surface area contributed by atoms with Crippen LogP contribution in [-0.2, 0) is 0 Å². The molecule has 2 N–H and O–H groups in total. The van der Waals surface area contributed by atoms with Crippen molar-refractivity contribution in [3.8, 4) is 5.75 Å². The molecule has 0 heterocycles. The van der Waals surface area contributed by atoms with E-state index < -0.39 is 66.8 Å². The molecule has 102 valence electrons. The minimum Gasteiger partial charge on any atom is -0.490 e. The van der Waals surface area contributed by atoms with E-state index in [1.807, 2.05) is 0 Å². The third kappa shape index (κ3) is 3.94. The van der Waals surface area contributed by atoms with Gasteiger partial charge in [-0.05, 0) is 11.4 Å². The fourth-order valence-corrected chi connectivity index (χ4v) is 1.38. The number of rotatable bonds is 6. The summed E-state index contributed by atoms with van der Waals surface area (Å²) in [7, 11) is 0. The molecular formula is C16H21NO2. The van der Waals surface area contributed by atoms with Crippen LogP contribution in [0.3, 0.4) is 0 Å². The largest absolute Gasteiger partial charge is 0.490 e. The zero-order chi connectivity index (χ0) is 21.6. The summed E-state index contributed by atoms with van der Waals surface area (Å²) in [4.78, 5) is 0. The topological polar surface area (TPSA) is 41.5 Å². The Morgan fingerprint density at radius 1 is 1.26 bits per heavy atom. The summed E-state index contributed by atoms with van der Waals surface area (Å²) < 4.78 is 76.5. The zero-order valence-electron chi connectivity index (χ0n) is 19.8. The van der Waals surface area contributed by atoms with Gasteiger partial charge in [0.2, 0.25) is 0 Å². The molecule has 2 aromatic carbocycles. The Hall–Kier alpha value is -1.58. The molecule has 0 radical (unpaired) electrons. The molecule has 2 rings (SSSR count). The smallest absolute Gasteiger partial charge is 0.127 e. The van der Waals surface area contributed by atoms with Crippen molar-refractivity contribution in [2.75, 3.05) is 13.2 Å². The summed E-state index contributed by atoms with van der Waals surface area (Å²) in [6, 6.07) is -5.03. The lowest BCUT2D eigenvalue weighted by Gasteiger charge is -2.15. The molecule has 0 fully saturated rings. The van der Waals surface area contributed by atoms with Crippen LogP contribution in [0.5, 0.6) is 5.75 Å². The maximum absolute atomic E-state index is 10.1. The fraction of sp³-hybridized carbons (Fsp3) is 0.375. The Balaban J connectivity index is 2.56. The standard InChI is InChI=1S/C16H21NO2/c1-12(2)17-10-14(18)11-19-16-9-5-7-13-6-3-4-8-15(13)16/h3-9,12,14,17-18H,10-11H2,1-2H3/i3D,4D,5D,6D,7D,8D,9D,12D,14D. The predicted molar refractivity (Wildman–Crippen MR) is 78.6 cm³/mol. The molecule has 0 amide bonds. The average molecular weight is 268 g/mol. The van der Waals surface area contributed by atoms with E-state index in [2.05, 4.69) is 5.32 Å². The molecule has 0 aliphatic heterocycles. The van der Waals surface area contributed by atoms with Gasteiger partial charge in [0.25, 0.3) is 0 Å². The second kappa shape index (κ2) is 6.55. The van der Waals surface area contributed by atoms with Gasteiger partial charge in [0.15, 0.2) is 0 Å². The summed E-state index contributed by atoms with van der Waals surface area (Å²) in [5.74, 6) is -0.404. The highest BCUT2D eigenvalue weighted by Crippen LogP contribution is 2.25. The molecule has 3 heteroatoms. The second-order valence-corrected chi connectivity index (χ2v) is 4.16. The fourth-order valence-electron chi connectivity index (χ4n) is 1.38. The normalized spacial score (nSPS) is 21.7. The number of fused-ring (bicyclic) bond motifs is 1. The molecular weight excluding hydrogens is 238 g/mol. The molecule has 0 aliphatic rings. The first-order chi connectivity index (χ1) is 12.7. The molecule has 0 aliphatic carbocycles. The molecule has 0 saturated carbocycles. The summed E-state index contributed by atoms with van der Waals surface area (Å²) in [5, 5.41) is 12.3. The zero-order valence-corrected chi connectivity index (χ0v) is 10.8. The van der Waals surface area contributed by atoms with Gasteiger partial charge in [-0.1, -0.05) is 50.1 Å². The maximum Gasteiger partial charge on any atom is 0.127 e. The van der Waals surface area contributed by atoms with E-state index in [9.17, 15) is 5.11 Å². The molecule has 1 unspecified atom stereocenters. The highest BCUT2D eigenvalue weighted by atomic mass is 16.5. The lowest BCUT2D eigenvalue weighted by atomic mass is 10.1. The van der Waals surface area contributed by atoms with Gasteiger partial charge in [0.1, 0.15) is 18.4 Å². The minimum atomic E-state index is -2.20. The maximum atomic E-state index is 10.1. The number of nitrogens with one attached hydrogen (secondary N) is 1. The third-order valence-electron chi connectivity index (χ3n) is 2.31. The highest BCUT2D eigenvalue weighted by molar-refractivity contribution is 5.88. The molecule has 0 saturated heterocycles. The lowest BCUT2D eigenvalue weighted by molar-refractivity contribution is 0.105. The Morgan fingerprint density at radius 2 is 2.00 bits per heavy atom. The van der Waals surface area contributed by atoms with Gasteiger partial charge < -0.3 is 15.2 Å². The average Bonchev–Trinajstić information content (AvgIpc) is 2.59. The van der Waals surface area contributed by atoms with Crippen LogP contribution in [-0.4, -0.2) is 30.4 Å². The van der Waals surface area contributed by atoms with E-state index in [1.54, 1.807) is 0 Å². The molecule has 3 nitrogen and oxygen atoms in total. The van der Waals surface area contributed by atoms with Gasteiger partial charge in [0.05, 0.1) is 11.0 Å². The van der Waals surface area contributed by atoms with Crippen molar-refractivity contribution in [2.24, 2.45) is 0 Å². The van der Waals surface area contributed by atoms with Crippen LogP contribution in [0.4, 0.5) is 0 Å². The van der Waals surface area contributed by atoms with Crippen LogP contribution in [0.2, 0.25) is 0 Å². The second-order valence-electron chi connectivity index (χ2n) is 4.16. The van der Waals surface area contributed by atoms with E-state index in [4.69, 9.17) is 17.1 Å². The Labute approximate surface area is 126 Å². The number of ether oxygens (including phenoxy) is 1. The third-order valence-corrected chi connectivity index (χ3v) is 2.31. The molecule has 0 aromatic heterocycles. The number of aliphatic hydroxyl groups is 1. The van der Waals surface area contributed by atoms with Gasteiger partial charge >= 0.3 is 0 Å². The van der Waals surface area contributed by atoms with E-state index >= 15 is 0 Å². The van der Waals surface area contributed by atoms with Crippen molar-refractivity contribution < 1.29 is 22.2 Å². The molecule has 0 spiro atoms. The van der Waals surface area contributed by atoms with Crippen LogP contribution >= 0.6 is 0 Å². The van der Waals surface area contributed by atoms with E-state index in [0.717, 1.165) is 0 Å². The Bertz CT molecular complexity index is 917. The van der Waals surface area contributed by atoms with E-state index in [1.165, 1.54) is 13.8 Å². The summed E-state index contributed by atoms with van der Waals surface area (Å²) in [6.07, 6.45) is -2.20. The molecule has 1 atom stereocenters. The first kappa shape index (κ1) is 6.25.